The van der Waals surface area contributed by atoms with Crippen molar-refractivity contribution in [1.82, 2.24) is 5.32 Å². The van der Waals surface area contributed by atoms with Gasteiger partial charge in [-0.3, -0.25) is 0 Å². The molecule has 0 amide bonds. The normalized spacial score (nSPS) is 15.5. The quantitative estimate of drug-likeness (QED) is 0.786. The van der Waals surface area contributed by atoms with Gasteiger partial charge in [0.1, 0.15) is 0 Å². The van der Waals surface area contributed by atoms with E-state index in [2.05, 4.69) is 10.6 Å². The summed E-state index contributed by atoms with van der Waals surface area (Å²) in [5.74, 6) is -3.82. The first kappa shape index (κ1) is 17.1. The highest BCUT2D eigenvalue weighted by Crippen LogP contribution is 2.34. The Morgan fingerprint density at radius 1 is 1.04 bits per heavy atom. The van der Waals surface area contributed by atoms with Crippen molar-refractivity contribution in [1.29, 1.82) is 0 Å². The molecule has 0 spiro atoms. The van der Waals surface area contributed by atoms with E-state index in [1.54, 1.807) is 6.92 Å². The van der Waals surface area contributed by atoms with Crippen LogP contribution in [0.5, 0.6) is 0 Å². The zero-order chi connectivity index (χ0) is 17.3. The molecule has 6 heteroatoms. The first-order valence-electron chi connectivity index (χ1n) is 7.90. The third-order valence-corrected chi connectivity index (χ3v) is 4.69. The first-order chi connectivity index (χ1) is 11.5. The second-order valence-corrected chi connectivity index (χ2v) is 6.35. The van der Waals surface area contributed by atoms with E-state index in [-0.39, 0.29) is 5.56 Å². The lowest BCUT2D eigenvalue weighted by Gasteiger charge is -2.21. The molecule has 3 rings (SSSR count). The summed E-state index contributed by atoms with van der Waals surface area (Å²) in [6, 6.07) is 5.44. The van der Waals surface area contributed by atoms with Crippen LogP contribution in [0.15, 0.2) is 24.3 Å². The van der Waals surface area contributed by atoms with Crippen molar-refractivity contribution in [3.8, 4) is 0 Å². The van der Waals surface area contributed by atoms with Crippen molar-refractivity contribution in [2.24, 2.45) is 0 Å². The topological polar surface area (TPSA) is 24.1 Å². The Hall–Kier alpha value is -1.72. The summed E-state index contributed by atoms with van der Waals surface area (Å²) in [7, 11) is 0. The van der Waals surface area contributed by atoms with Crippen molar-refractivity contribution >= 4 is 17.3 Å². The van der Waals surface area contributed by atoms with E-state index in [0.717, 1.165) is 43.2 Å². The van der Waals surface area contributed by atoms with Gasteiger partial charge in [0, 0.05) is 5.56 Å². The highest BCUT2D eigenvalue weighted by atomic mass is 35.5. The van der Waals surface area contributed by atoms with Gasteiger partial charge in [0.05, 0.1) is 16.8 Å². The Bertz CT molecular complexity index is 764. The fourth-order valence-corrected chi connectivity index (χ4v) is 3.30. The molecule has 0 aromatic heterocycles. The van der Waals surface area contributed by atoms with Crippen LogP contribution in [0.2, 0.25) is 5.02 Å². The maximum atomic E-state index is 14.0. The van der Waals surface area contributed by atoms with E-state index in [1.807, 2.05) is 12.1 Å². The second-order valence-electron chi connectivity index (χ2n) is 5.94. The molecule has 1 heterocycles. The van der Waals surface area contributed by atoms with Crippen LogP contribution in [-0.2, 0) is 12.8 Å². The lowest BCUT2D eigenvalue weighted by atomic mass is 9.99. The van der Waals surface area contributed by atoms with Gasteiger partial charge in [-0.05, 0) is 56.1 Å². The standard InChI is InChI=1S/C18H18ClF3N2/c1-10(12-3-5-15(20)17(22)16(12)21)24-18-13-7-9-23-8-6-11(13)2-4-14(18)19/h2-5,10,23-24H,6-9H2,1H3. The Morgan fingerprint density at radius 2 is 1.79 bits per heavy atom. The number of hydrogen-bond acceptors (Lipinski definition) is 2. The fraction of sp³-hybridized carbons (Fsp3) is 0.333. The molecule has 2 nitrogen and oxygen atoms in total. The van der Waals surface area contributed by atoms with Gasteiger partial charge in [-0.1, -0.05) is 23.7 Å². The van der Waals surface area contributed by atoms with Crippen molar-refractivity contribution in [2.45, 2.75) is 25.8 Å². The molecule has 2 aromatic rings. The molecular formula is C18H18ClF3N2. The Labute approximate surface area is 144 Å². The van der Waals surface area contributed by atoms with Crippen molar-refractivity contribution in [3.63, 3.8) is 0 Å². The second kappa shape index (κ2) is 7.03. The van der Waals surface area contributed by atoms with Crippen LogP contribution in [0.1, 0.15) is 29.7 Å². The minimum absolute atomic E-state index is 0.0642. The van der Waals surface area contributed by atoms with Crippen molar-refractivity contribution in [3.05, 3.63) is 63.4 Å². The molecule has 0 radical (unpaired) electrons. The first-order valence-corrected chi connectivity index (χ1v) is 8.27. The molecule has 128 valence electrons. The largest absolute Gasteiger partial charge is 0.377 e. The Balaban J connectivity index is 1.95. The van der Waals surface area contributed by atoms with Gasteiger partial charge >= 0.3 is 0 Å². The van der Waals surface area contributed by atoms with Gasteiger partial charge < -0.3 is 10.6 Å². The Morgan fingerprint density at radius 3 is 2.58 bits per heavy atom. The number of hydrogen-bond donors (Lipinski definition) is 2. The number of nitrogens with one attached hydrogen (secondary N) is 2. The molecule has 0 saturated carbocycles. The maximum Gasteiger partial charge on any atom is 0.194 e. The zero-order valence-corrected chi connectivity index (χ0v) is 14.0. The van der Waals surface area contributed by atoms with Gasteiger partial charge in [0.25, 0.3) is 0 Å². The predicted molar refractivity (Wildman–Crippen MR) is 90.1 cm³/mol. The molecule has 0 bridgehead atoms. The Kier molecular flexibility index (Phi) is 5.01. The number of halogens is 4. The summed E-state index contributed by atoms with van der Waals surface area (Å²) < 4.78 is 40.6. The minimum Gasteiger partial charge on any atom is -0.377 e. The van der Waals surface area contributed by atoms with E-state index < -0.39 is 23.5 Å². The molecule has 1 unspecified atom stereocenters. The molecule has 0 saturated heterocycles. The number of anilines is 1. The van der Waals surface area contributed by atoms with Gasteiger partial charge in [-0.25, -0.2) is 13.2 Å². The summed E-state index contributed by atoms with van der Waals surface area (Å²) in [5, 5.41) is 7.04. The zero-order valence-electron chi connectivity index (χ0n) is 13.2. The summed E-state index contributed by atoms with van der Waals surface area (Å²) in [6.45, 7) is 3.41. The van der Waals surface area contributed by atoms with E-state index >= 15 is 0 Å². The van der Waals surface area contributed by atoms with Gasteiger partial charge in [-0.2, -0.15) is 0 Å². The molecule has 2 aromatic carbocycles. The van der Waals surface area contributed by atoms with Crippen LogP contribution in [0.3, 0.4) is 0 Å². The third-order valence-electron chi connectivity index (χ3n) is 4.37. The van der Waals surface area contributed by atoms with Crippen LogP contribution in [0, 0.1) is 17.5 Å². The SMILES string of the molecule is CC(Nc1c(Cl)ccc2c1CCNCC2)c1ccc(F)c(F)c1F. The average molecular weight is 355 g/mol. The third kappa shape index (κ3) is 3.23. The molecule has 1 atom stereocenters. The monoisotopic (exact) mass is 354 g/mol. The van der Waals surface area contributed by atoms with Crippen LogP contribution in [-0.4, -0.2) is 13.1 Å². The highest BCUT2D eigenvalue weighted by Gasteiger charge is 2.21. The molecular weight excluding hydrogens is 337 g/mol. The lowest BCUT2D eigenvalue weighted by molar-refractivity contribution is 0.438. The number of rotatable bonds is 3. The summed E-state index contributed by atoms with van der Waals surface area (Å²) in [4.78, 5) is 0. The molecule has 0 fully saturated rings. The fourth-order valence-electron chi connectivity index (χ4n) is 3.07. The van der Waals surface area contributed by atoms with Crippen molar-refractivity contribution in [2.75, 3.05) is 18.4 Å². The van der Waals surface area contributed by atoms with Crippen LogP contribution >= 0.6 is 11.6 Å². The van der Waals surface area contributed by atoms with E-state index in [9.17, 15) is 13.2 Å². The average Bonchev–Trinajstić information content (AvgIpc) is 2.81. The van der Waals surface area contributed by atoms with Gasteiger partial charge in [0.2, 0.25) is 0 Å². The van der Waals surface area contributed by atoms with Crippen LogP contribution in [0.4, 0.5) is 18.9 Å². The predicted octanol–water partition coefficient (Wildman–Crippen LogP) is 4.62. The maximum absolute atomic E-state index is 14.0. The van der Waals surface area contributed by atoms with Gasteiger partial charge in [-0.15, -0.1) is 0 Å². The molecule has 0 aliphatic carbocycles. The smallest absolute Gasteiger partial charge is 0.194 e. The van der Waals surface area contributed by atoms with Crippen LogP contribution in [0.25, 0.3) is 0 Å². The van der Waals surface area contributed by atoms with E-state index in [1.165, 1.54) is 11.6 Å². The molecule has 1 aliphatic rings. The number of fused-ring (bicyclic) bond motifs is 1. The van der Waals surface area contributed by atoms with E-state index in [0.29, 0.717) is 5.02 Å². The lowest BCUT2D eigenvalue weighted by Crippen LogP contribution is -2.16. The highest BCUT2D eigenvalue weighted by molar-refractivity contribution is 6.33. The molecule has 2 N–H and O–H groups in total. The van der Waals surface area contributed by atoms with Crippen LogP contribution < -0.4 is 10.6 Å². The number of benzene rings is 2. The van der Waals surface area contributed by atoms with Gasteiger partial charge in [0.15, 0.2) is 17.5 Å². The van der Waals surface area contributed by atoms with E-state index in [4.69, 9.17) is 11.6 Å². The molecule has 24 heavy (non-hydrogen) atoms. The summed E-state index contributed by atoms with van der Waals surface area (Å²) in [6.07, 6.45) is 1.68. The summed E-state index contributed by atoms with van der Waals surface area (Å²) >= 11 is 6.33. The molecule has 1 aliphatic heterocycles. The summed E-state index contributed by atoms with van der Waals surface area (Å²) in [5.41, 5.74) is 3.07. The van der Waals surface area contributed by atoms with Crippen molar-refractivity contribution < 1.29 is 13.2 Å². The minimum atomic E-state index is -1.46.